The highest BCUT2D eigenvalue weighted by molar-refractivity contribution is 7.09. The highest BCUT2D eigenvalue weighted by Crippen LogP contribution is 2.23. The zero-order valence-electron chi connectivity index (χ0n) is 16.6. The fourth-order valence-corrected chi connectivity index (χ4v) is 3.71. The number of carbonyl (C=O) groups is 1. The number of aryl methyl sites for hydroxylation is 1. The molecule has 0 saturated heterocycles. The van der Waals surface area contributed by atoms with E-state index < -0.39 is 4.92 Å². The van der Waals surface area contributed by atoms with Crippen molar-refractivity contribution in [2.45, 2.75) is 19.9 Å². The number of nitrogens with one attached hydrogen (secondary N) is 1. The molecular formula is C21H21ClN4O3S. The normalized spacial score (nSPS) is 10.6. The van der Waals surface area contributed by atoms with E-state index in [0.29, 0.717) is 23.6 Å². The fraction of sp³-hybridized carbons (Fsp3) is 0.238. The molecule has 0 unspecified atom stereocenters. The largest absolute Gasteiger partial charge is 0.338 e. The van der Waals surface area contributed by atoms with Gasteiger partial charge in [-0.2, -0.15) is 0 Å². The van der Waals surface area contributed by atoms with Gasteiger partial charge in [-0.3, -0.25) is 10.1 Å². The summed E-state index contributed by atoms with van der Waals surface area (Å²) in [4.78, 5) is 28.7. The van der Waals surface area contributed by atoms with Crippen molar-refractivity contribution < 1.29 is 9.72 Å². The van der Waals surface area contributed by atoms with E-state index in [0.717, 1.165) is 21.8 Å². The molecule has 1 N–H and O–H groups in total. The summed E-state index contributed by atoms with van der Waals surface area (Å²) in [6, 6.07) is 12.0. The molecule has 1 heterocycles. The quantitative estimate of drug-likeness (QED) is 0.407. The molecule has 0 spiro atoms. The summed E-state index contributed by atoms with van der Waals surface area (Å²) < 4.78 is 0. The number of rotatable bonds is 7. The van der Waals surface area contributed by atoms with Crippen LogP contribution in [-0.2, 0) is 13.0 Å². The number of halogens is 1. The number of thiazole rings is 1. The number of nitro benzene ring substituents is 1. The maximum absolute atomic E-state index is 12.3. The molecule has 0 atom stereocenters. The molecule has 3 rings (SSSR count). The molecule has 0 saturated carbocycles. The van der Waals surface area contributed by atoms with Crippen molar-refractivity contribution >= 4 is 34.7 Å². The Kier molecular flexibility index (Phi) is 7.02. The van der Waals surface area contributed by atoms with Crippen LogP contribution in [-0.4, -0.2) is 34.4 Å². The van der Waals surface area contributed by atoms with E-state index in [1.807, 2.05) is 36.6 Å². The number of benzene rings is 2. The molecule has 0 aliphatic heterocycles. The number of urea groups is 1. The number of aromatic nitrogens is 1. The van der Waals surface area contributed by atoms with Gasteiger partial charge in [0, 0.05) is 48.2 Å². The average molecular weight is 445 g/mol. The molecule has 1 aromatic heterocycles. The highest BCUT2D eigenvalue weighted by Gasteiger charge is 2.14. The van der Waals surface area contributed by atoms with E-state index in [9.17, 15) is 14.9 Å². The molecule has 2 amide bonds. The number of carbonyl (C=O) groups excluding carboxylic acids is 1. The zero-order chi connectivity index (χ0) is 21.7. The molecule has 0 aliphatic carbocycles. The number of hydrogen-bond donors (Lipinski definition) is 1. The van der Waals surface area contributed by atoms with Crippen LogP contribution in [0.25, 0.3) is 11.3 Å². The molecule has 0 aliphatic rings. The Hall–Kier alpha value is -2.97. The molecule has 3 aromatic rings. The third-order valence-corrected chi connectivity index (χ3v) is 5.70. The van der Waals surface area contributed by atoms with Crippen LogP contribution in [0, 0.1) is 17.0 Å². The lowest BCUT2D eigenvalue weighted by molar-refractivity contribution is -0.384. The van der Waals surface area contributed by atoms with Crippen LogP contribution in [0.2, 0.25) is 5.02 Å². The highest BCUT2D eigenvalue weighted by atomic mass is 35.5. The van der Waals surface area contributed by atoms with Gasteiger partial charge in [0.25, 0.3) is 5.69 Å². The van der Waals surface area contributed by atoms with Gasteiger partial charge in [-0.25, -0.2) is 9.78 Å². The molecule has 156 valence electrons. The average Bonchev–Trinajstić information content (AvgIpc) is 3.16. The van der Waals surface area contributed by atoms with Crippen LogP contribution in [0.5, 0.6) is 0 Å². The summed E-state index contributed by atoms with van der Waals surface area (Å²) >= 11 is 7.73. The number of hydrogen-bond acceptors (Lipinski definition) is 5. The van der Waals surface area contributed by atoms with E-state index in [1.54, 1.807) is 18.4 Å². The number of non-ortho nitro benzene ring substituents is 1. The van der Waals surface area contributed by atoms with E-state index in [1.165, 1.54) is 23.1 Å². The maximum atomic E-state index is 12.3. The summed E-state index contributed by atoms with van der Waals surface area (Å²) in [6.07, 6.45) is 0.688. The second kappa shape index (κ2) is 9.69. The minimum Gasteiger partial charge on any atom is -0.338 e. The van der Waals surface area contributed by atoms with Gasteiger partial charge in [0.15, 0.2) is 0 Å². The van der Waals surface area contributed by atoms with Gasteiger partial charge in [0.05, 0.1) is 15.6 Å². The first-order valence-electron chi connectivity index (χ1n) is 9.26. The third-order valence-electron chi connectivity index (χ3n) is 4.55. The Morgan fingerprint density at radius 2 is 2.00 bits per heavy atom. The fourth-order valence-electron chi connectivity index (χ4n) is 2.91. The van der Waals surface area contributed by atoms with Crippen molar-refractivity contribution in [2.24, 2.45) is 0 Å². The number of nitrogens with zero attached hydrogens (tertiary/aromatic N) is 3. The predicted octanol–water partition coefficient (Wildman–Crippen LogP) is 5.06. The van der Waals surface area contributed by atoms with Gasteiger partial charge in [-0.15, -0.1) is 11.3 Å². The van der Waals surface area contributed by atoms with Gasteiger partial charge in [0.2, 0.25) is 0 Å². The Morgan fingerprint density at radius 3 is 2.63 bits per heavy atom. The third kappa shape index (κ3) is 5.55. The van der Waals surface area contributed by atoms with Crippen molar-refractivity contribution in [2.75, 3.05) is 13.6 Å². The lowest BCUT2D eigenvalue weighted by Crippen LogP contribution is -2.37. The van der Waals surface area contributed by atoms with Gasteiger partial charge in [-0.1, -0.05) is 35.9 Å². The summed E-state index contributed by atoms with van der Waals surface area (Å²) in [5.74, 6) is 0. The minimum absolute atomic E-state index is 0.0560. The maximum Gasteiger partial charge on any atom is 0.317 e. The van der Waals surface area contributed by atoms with Gasteiger partial charge < -0.3 is 10.2 Å². The van der Waals surface area contributed by atoms with E-state index in [2.05, 4.69) is 10.3 Å². The van der Waals surface area contributed by atoms with Crippen molar-refractivity contribution in [3.63, 3.8) is 0 Å². The van der Waals surface area contributed by atoms with Crippen LogP contribution in [0.3, 0.4) is 0 Å². The van der Waals surface area contributed by atoms with Crippen molar-refractivity contribution in [1.82, 2.24) is 15.2 Å². The minimum atomic E-state index is -0.485. The van der Waals surface area contributed by atoms with Crippen molar-refractivity contribution in [3.8, 4) is 11.3 Å². The molecule has 0 radical (unpaired) electrons. The van der Waals surface area contributed by atoms with Crippen LogP contribution >= 0.6 is 22.9 Å². The Labute approximate surface area is 183 Å². The first kappa shape index (κ1) is 21.7. The SMILES string of the molecule is Cc1nc(-c2ccc(CCNC(=O)N(C)Cc3cc([N+](=O)[O-])ccc3Cl)cc2)cs1. The number of nitro groups is 1. The Bertz CT molecular complexity index is 1050. The van der Waals surface area contributed by atoms with Crippen molar-refractivity contribution in [3.05, 3.63) is 79.1 Å². The second-order valence-corrected chi connectivity index (χ2v) is 8.29. The first-order chi connectivity index (χ1) is 14.3. The summed E-state index contributed by atoms with van der Waals surface area (Å²) in [5.41, 5.74) is 3.62. The monoisotopic (exact) mass is 444 g/mol. The van der Waals surface area contributed by atoms with Gasteiger partial charge >= 0.3 is 6.03 Å². The van der Waals surface area contributed by atoms with E-state index >= 15 is 0 Å². The van der Waals surface area contributed by atoms with Crippen molar-refractivity contribution in [1.29, 1.82) is 0 Å². The molecular weight excluding hydrogens is 424 g/mol. The molecule has 2 aromatic carbocycles. The van der Waals surface area contributed by atoms with Crippen LogP contribution in [0.4, 0.5) is 10.5 Å². The van der Waals surface area contributed by atoms with E-state index in [-0.39, 0.29) is 18.3 Å². The first-order valence-corrected chi connectivity index (χ1v) is 10.5. The Balaban J connectivity index is 1.50. The molecule has 0 bridgehead atoms. The van der Waals surface area contributed by atoms with Gasteiger partial charge in [0.1, 0.15) is 0 Å². The van der Waals surface area contributed by atoms with Gasteiger partial charge in [-0.05, 0) is 30.5 Å². The van der Waals surface area contributed by atoms with E-state index in [4.69, 9.17) is 11.6 Å². The molecule has 30 heavy (non-hydrogen) atoms. The standard InChI is InChI=1S/C21H21ClN4O3S/c1-14-24-20(13-30-14)16-5-3-15(4-6-16)9-10-23-21(27)25(2)12-17-11-18(26(28)29)7-8-19(17)22/h3-8,11,13H,9-10,12H2,1-2H3,(H,23,27). The smallest absolute Gasteiger partial charge is 0.317 e. The topological polar surface area (TPSA) is 88.4 Å². The lowest BCUT2D eigenvalue weighted by Gasteiger charge is -2.18. The summed E-state index contributed by atoms with van der Waals surface area (Å²) in [6.45, 7) is 2.63. The zero-order valence-corrected chi connectivity index (χ0v) is 18.2. The summed E-state index contributed by atoms with van der Waals surface area (Å²) in [7, 11) is 1.62. The molecule has 9 heteroatoms. The predicted molar refractivity (Wildman–Crippen MR) is 119 cm³/mol. The molecule has 7 nitrogen and oxygen atoms in total. The Morgan fingerprint density at radius 1 is 1.27 bits per heavy atom. The number of amides is 2. The summed E-state index contributed by atoms with van der Waals surface area (Å²) in [5, 5.41) is 17.2. The molecule has 0 fully saturated rings. The lowest BCUT2D eigenvalue weighted by atomic mass is 10.1. The van der Waals surface area contributed by atoms with Crippen LogP contribution in [0.1, 0.15) is 16.1 Å². The second-order valence-electron chi connectivity index (χ2n) is 6.82. The van der Waals surface area contributed by atoms with Crippen LogP contribution < -0.4 is 5.32 Å². The van der Waals surface area contributed by atoms with Crippen LogP contribution in [0.15, 0.2) is 47.8 Å².